The Bertz CT molecular complexity index is 604. The van der Waals surface area contributed by atoms with E-state index in [9.17, 15) is 0 Å². The molecule has 0 spiro atoms. The monoisotopic (exact) mass is 273 g/mol. The number of para-hydroxylation sites is 1. The third-order valence-corrected chi connectivity index (χ3v) is 4.46. The molecule has 3 nitrogen and oxygen atoms in total. The van der Waals surface area contributed by atoms with Crippen LogP contribution in [0.5, 0.6) is 0 Å². The van der Waals surface area contributed by atoms with Gasteiger partial charge in [0, 0.05) is 23.6 Å². The highest BCUT2D eigenvalue weighted by molar-refractivity contribution is 5.82. The molecule has 2 atom stereocenters. The van der Waals surface area contributed by atoms with E-state index < -0.39 is 0 Å². The highest BCUT2D eigenvalue weighted by Gasteiger charge is 2.39. The van der Waals surface area contributed by atoms with E-state index in [2.05, 4.69) is 31.3 Å². The number of fused-ring (bicyclic) bond motifs is 1. The maximum absolute atomic E-state index is 6.17. The minimum atomic E-state index is -0.323. The van der Waals surface area contributed by atoms with Crippen LogP contribution in [-0.2, 0) is 16.8 Å². The molecular formula is C17H23NO2. The lowest BCUT2D eigenvalue weighted by Crippen LogP contribution is -2.42. The molecule has 1 fully saturated rings. The van der Waals surface area contributed by atoms with Gasteiger partial charge in [0.15, 0.2) is 0 Å². The average Bonchev–Trinajstić information content (AvgIpc) is 2.86. The van der Waals surface area contributed by atoms with Gasteiger partial charge in [0.1, 0.15) is 16.9 Å². The van der Waals surface area contributed by atoms with E-state index in [4.69, 9.17) is 9.15 Å². The van der Waals surface area contributed by atoms with Gasteiger partial charge in [0.2, 0.25) is 0 Å². The fraction of sp³-hybridized carbons (Fsp3) is 0.529. The Hall–Kier alpha value is -1.32. The Kier molecular flexibility index (Phi) is 3.57. The zero-order valence-corrected chi connectivity index (χ0v) is 12.5. The number of hydrogen-bond acceptors (Lipinski definition) is 3. The lowest BCUT2D eigenvalue weighted by molar-refractivity contribution is -0.0926. The second kappa shape index (κ2) is 5.23. The molecule has 1 N–H and O–H groups in total. The van der Waals surface area contributed by atoms with Crippen LogP contribution in [0.4, 0.5) is 0 Å². The molecule has 1 aromatic heterocycles. The molecule has 2 heterocycles. The minimum absolute atomic E-state index is 0.323. The van der Waals surface area contributed by atoms with Gasteiger partial charge in [-0.2, -0.15) is 0 Å². The summed E-state index contributed by atoms with van der Waals surface area (Å²) in [4.78, 5) is 0. The SMILES string of the molecule is CCc1c(C2(C)CC(NC)CCO2)oc2ccccc12. The first-order chi connectivity index (χ1) is 9.68. The second-order valence-corrected chi connectivity index (χ2v) is 5.82. The minimum Gasteiger partial charge on any atom is -0.458 e. The molecule has 0 saturated carbocycles. The summed E-state index contributed by atoms with van der Waals surface area (Å²) in [6, 6.07) is 8.77. The number of ether oxygens (including phenoxy) is 1. The van der Waals surface area contributed by atoms with Crippen LogP contribution in [0.15, 0.2) is 28.7 Å². The van der Waals surface area contributed by atoms with Gasteiger partial charge >= 0.3 is 0 Å². The number of nitrogens with one attached hydrogen (secondary N) is 1. The summed E-state index contributed by atoms with van der Waals surface area (Å²) in [5.41, 5.74) is 1.94. The topological polar surface area (TPSA) is 34.4 Å². The maximum Gasteiger partial charge on any atom is 0.140 e. The van der Waals surface area contributed by atoms with Crippen molar-refractivity contribution in [2.24, 2.45) is 0 Å². The first-order valence-corrected chi connectivity index (χ1v) is 7.50. The van der Waals surface area contributed by atoms with E-state index in [1.54, 1.807) is 0 Å². The molecule has 2 unspecified atom stereocenters. The predicted molar refractivity (Wildman–Crippen MR) is 81.0 cm³/mol. The van der Waals surface area contributed by atoms with Crippen LogP contribution in [0.1, 0.15) is 38.0 Å². The van der Waals surface area contributed by atoms with E-state index in [1.807, 2.05) is 19.2 Å². The molecule has 1 aliphatic heterocycles. The largest absolute Gasteiger partial charge is 0.458 e. The van der Waals surface area contributed by atoms with Crippen molar-refractivity contribution in [1.29, 1.82) is 0 Å². The molecule has 0 amide bonds. The van der Waals surface area contributed by atoms with Crippen molar-refractivity contribution in [2.45, 2.75) is 44.8 Å². The zero-order valence-electron chi connectivity index (χ0n) is 12.5. The zero-order chi connectivity index (χ0) is 14.2. The average molecular weight is 273 g/mol. The highest BCUT2D eigenvalue weighted by atomic mass is 16.5. The van der Waals surface area contributed by atoms with E-state index >= 15 is 0 Å². The molecular weight excluding hydrogens is 250 g/mol. The number of rotatable bonds is 3. The molecule has 3 rings (SSSR count). The molecule has 1 aromatic carbocycles. The maximum atomic E-state index is 6.17. The summed E-state index contributed by atoms with van der Waals surface area (Å²) in [6.07, 6.45) is 2.99. The smallest absolute Gasteiger partial charge is 0.140 e. The fourth-order valence-corrected chi connectivity index (χ4v) is 3.34. The Morgan fingerprint density at radius 2 is 2.15 bits per heavy atom. The molecule has 2 aromatic rings. The van der Waals surface area contributed by atoms with Crippen LogP contribution < -0.4 is 5.32 Å². The Labute approximate surface area is 120 Å². The van der Waals surface area contributed by atoms with Crippen LogP contribution in [0, 0.1) is 0 Å². The quantitative estimate of drug-likeness (QED) is 0.927. The van der Waals surface area contributed by atoms with E-state index in [0.717, 1.165) is 37.2 Å². The van der Waals surface area contributed by atoms with Crippen molar-refractivity contribution >= 4 is 11.0 Å². The summed E-state index contributed by atoms with van der Waals surface area (Å²) < 4.78 is 12.3. The van der Waals surface area contributed by atoms with Gasteiger partial charge in [-0.25, -0.2) is 0 Å². The fourth-order valence-electron chi connectivity index (χ4n) is 3.34. The molecule has 0 radical (unpaired) electrons. The van der Waals surface area contributed by atoms with Crippen molar-refractivity contribution in [3.8, 4) is 0 Å². The third kappa shape index (κ3) is 2.15. The van der Waals surface area contributed by atoms with Gasteiger partial charge in [-0.3, -0.25) is 0 Å². The third-order valence-electron chi connectivity index (χ3n) is 4.46. The molecule has 3 heteroatoms. The van der Waals surface area contributed by atoms with Gasteiger partial charge in [-0.1, -0.05) is 25.1 Å². The Balaban J connectivity index is 2.08. The van der Waals surface area contributed by atoms with Gasteiger partial charge in [0.05, 0.1) is 0 Å². The summed E-state index contributed by atoms with van der Waals surface area (Å²) in [7, 11) is 2.02. The van der Waals surface area contributed by atoms with Crippen molar-refractivity contribution in [3.05, 3.63) is 35.6 Å². The molecule has 108 valence electrons. The van der Waals surface area contributed by atoms with Crippen molar-refractivity contribution in [1.82, 2.24) is 5.32 Å². The van der Waals surface area contributed by atoms with Crippen LogP contribution >= 0.6 is 0 Å². The van der Waals surface area contributed by atoms with Gasteiger partial charge in [0.25, 0.3) is 0 Å². The first kappa shape index (κ1) is 13.7. The second-order valence-electron chi connectivity index (χ2n) is 5.82. The summed E-state index contributed by atoms with van der Waals surface area (Å²) in [5.74, 6) is 1.01. The summed E-state index contributed by atoms with van der Waals surface area (Å²) >= 11 is 0. The van der Waals surface area contributed by atoms with Crippen LogP contribution in [-0.4, -0.2) is 19.7 Å². The Morgan fingerprint density at radius 1 is 1.35 bits per heavy atom. The predicted octanol–water partition coefficient (Wildman–Crippen LogP) is 3.61. The summed E-state index contributed by atoms with van der Waals surface area (Å²) in [6.45, 7) is 5.12. The van der Waals surface area contributed by atoms with Gasteiger partial charge < -0.3 is 14.5 Å². The highest BCUT2D eigenvalue weighted by Crippen LogP contribution is 2.40. The number of hydrogen-bond donors (Lipinski definition) is 1. The standard InChI is InChI=1S/C17H23NO2/c1-4-13-14-7-5-6-8-15(14)20-16(13)17(2)11-12(18-3)9-10-19-17/h5-8,12,18H,4,9-11H2,1-3H3. The lowest BCUT2D eigenvalue weighted by atomic mass is 9.87. The molecule has 0 aliphatic carbocycles. The van der Waals surface area contributed by atoms with Crippen molar-refractivity contribution in [3.63, 3.8) is 0 Å². The van der Waals surface area contributed by atoms with Gasteiger partial charge in [-0.15, -0.1) is 0 Å². The van der Waals surface area contributed by atoms with Gasteiger partial charge in [-0.05, 0) is 39.3 Å². The molecule has 1 saturated heterocycles. The lowest BCUT2D eigenvalue weighted by Gasteiger charge is -2.37. The summed E-state index contributed by atoms with van der Waals surface area (Å²) in [5, 5.41) is 4.60. The van der Waals surface area contributed by atoms with E-state index in [1.165, 1.54) is 10.9 Å². The van der Waals surface area contributed by atoms with E-state index in [-0.39, 0.29) is 5.60 Å². The number of aryl methyl sites for hydroxylation is 1. The molecule has 1 aliphatic rings. The molecule has 20 heavy (non-hydrogen) atoms. The van der Waals surface area contributed by atoms with Crippen LogP contribution in [0.2, 0.25) is 0 Å². The number of furan rings is 1. The normalized spacial score (nSPS) is 27.1. The first-order valence-electron chi connectivity index (χ1n) is 7.50. The van der Waals surface area contributed by atoms with Crippen molar-refractivity contribution in [2.75, 3.05) is 13.7 Å². The van der Waals surface area contributed by atoms with Crippen molar-refractivity contribution < 1.29 is 9.15 Å². The Morgan fingerprint density at radius 3 is 2.90 bits per heavy atom. The number of benzene rings is 1. The van der Waals surface area contributed by atoms with Crippen LogP contribution in [0.25, 0.3) is 11.0 Å². The van der Waals surface area contributed by atoms with Crippen LogP contribution in [0.3, 0.4) is 0 Å². The molecule has 0 bridgehead atoms. The van der Waals surface area contributed by atoms with E-state index in [0.29, 0.717) is 6.04 Å².